The highest BCUT2D eigenvalue weighted by Crippen LogP contribution is 2.10. The van der Waals surface area contributed by atoms with Crippen molar-refractivity contribution in [3.63, 3.8) is 0 Å². The van der Waals surface area contributed by atoms with Crippen molar-refractivity contribution in [1.29, 1.82) is 5.26 Å². The molecule has 108 valence electrons. The fourth-order valence-corrected chi connectivity index (χ4v) is 2.31. The van der Waals surface area contributed by atoms with Crippen molar-refractivity contribution in [1.82, 2.24) is 9.80 Å². The number of hydrogen-bond acceptors (Lipinski definition) is 4. The lowest BCUT2D eigenvalue weighted by atomic mass is 10.1. The van der Waals surface area contributed by atoms with Crippen LogP contribution in [0.1, 0.15) is 27.2 Å². The number of carbonyl (C=O) groups is 1. The Morgan fingerprint density at radius 3 is 2.53 bits per heavy atom. The summed E-state index contributed by atoms with van der Waals surface area (Å²) < 4.78 is 5.27. The summed E-state index contributed by atoms with van der Waals surface area (Å²) in [5.74, 6) is 0.639. The van der Waals surface area contributed by atoms with Gasteiger partial charge < -0.3 is 9.64 Å². The second-order valence-electron chi connectivity index (χ2n) is 5.41. The summed E-state index contributed by atoms with van der Waals surface area (Å²) in [5, 5.41) is 8.73. The van der Waals surface area contributed by atoms with E-state index in [4.69, 9.17) is 10.00 Å². The number of ether oxygens (including phenoxy) is 1. The van der Waals surface area contributed by atoms with Gasteiger partial charge in [0.2, 0.25) is 5.91 Å². The van der Waals surface area contributed by atoms with E-state index in [0.717, 1.165) is 6.54 Å². The lowest BCUT2D eigenvalue weighted by Crippen LogP contribution is -2.51. The van der Waals surface area contributed by atoms with E-state index in [1.165, 1.54) is 0 Å². The summed E-state index contributed by atoms with van der Waals surface area (Å²) in [4.78, 5) is 16.4. The molecule has 1 unspecified atom stereocenters. The lowest BCUT2D eigenvalue weighted by molar-refractivity contribution is -0.140. The maximum atomic E-state index is 12.4. The SMILES string of the molecule is CC(C)CN(CCC#N)C(C)C(=O)N1CCOCC1. The van der Waals surface area contributed by atoms with Crippen molar-refractivity contribution in [3.8, 4) is 6.07 Å². The van der Waals surface area contributed by atoms with Gasteiger partial charge in [0.05, 0.1) is 25.3 Å². The van der Waals surface area contributed by atoms with Crippen molar-refractivity contribution in [3.05, 3.63) is 0 Å². The van der Waals surface area contributed by atoms with Gasteiger partial charge in [0.15, 0.2) is 0 Å². The van der Waals surface area contributed by atoms with Crippen LogP contribution in [-0.4, -0.2) is 61.1 Å². The highest BCUT2D eigenvalue weighted by atomic mass is 16.5. The summed E-state index contributed by atoms with van der Waals surface area (Å²) in [7, 11) is 0. The van der Waals surface area contributed by atoms with Gasteiger partial charge in [-0.1, -0.05) is 13.8 Å². The highest BCUT2D eigenvalue weighted by Gasteiger charge is 2.27. The minimum Gasteiger partial charge on any atom is -0.378 e. The lowest BCUT2D eigenvalue weighted by Gasteiger charge is -2.34. The minimum absolute atomic E-state index is 0.155. The summed E-state index contributed by atoms with van der Waals surface area (Å²) >= 11 is 0. The smallest absolute Gasteiger partial charge is 0.239 e. The van der Waals surface area contributed by atoms with Gasteiger partial charge in [0.1, 0.15) is 0 Å². The second kappa shape index (κ2) is 8.13. The third-order valence-electron chi connectivity index (χ3n) is 3.34. The van der Waals surface area contributed by atoms with Crippen LogP contribution in [0.15, 0.2) is 0 Å². The molecule has 5 heteroatoms. The number of nitriles is 1. The molecular formula is C14H25N3O2. The summed E-state index contributed by atoms with van der Waals surface area (Å²) in [6.07, 6.45) is 0.466. The first-order chi connectivity index (χ1) is 9.06. The van der Waals surface area contributed by atoms with Crippen LogP contribution in [0, 0.1) is 17.2 Å². The van der Waals surface area contributed by atoms with Gasteiger partial charge in [-0.3, -0.25) is 9.69 Å². The van der Waals surface area contributed by atoms with Crippen LogP contribution in [0.3, 0.4) is 0 Å². The molecule has 0 saturated carbocycles. The number of amides is 1. The molecule has 1 saturated heterocycles. The molecule has 0 aromatic rings. The number of carbonyl (C=O) groups excluding carboxylic acids is 1. The van der Waals surface area contributed by atoms with Gasteiger partial charge in [0.25, 0.3) is 0 Å². The van der Waals surface area contributed by atoms with Crippen LogP contribution in [0.25, 0.3) is 0 Å². The minimum atomic E-state index is -0.158. The zero-order valence-corrected chi connectivity index (χ0v) is 12.3. The Hall–Kier alpha value is -1.12. The summed E-state index contributed by atoms with van der Waals surface area (Å²) in [6.45, 7) is 10.3. The highest BCUT2D eigenvalue weighted by molar-refractivity contribution is 5.81. The molecule has 5 nitrogen and oxygen atoms in total. The standard InChI is InChI=1S/C14H25N3O2/c1-12(2)11-17(6-4-5-15)13(3)14(18)16-7-9-19-10-8-16/h12-13H,4,6-11H2,1-3H3. The molecule has 0 aromatic heterocycles. The Morgan fingerprint density at radius 2 is 2.00 bits per heavy atom. The van der Waals surface area contributed by atoms with Gasteiger partial charge in [-0.2, -0.15) is 5.26 Å². The van der Waals surface area contributed by atoms with E-state index in [1.807, 2.05) is 11.8 Å². The number of morpholine rings is 1. The molecule has 0 aliphatic carbocycles. The fourth-order valence-electron chi connectivity index (χ4n) is 2.31. The maximum absolute atomic E-state index is 12.4. The molecule has 1 atom stereocenters. The van der Waals surface area contributed by atoms with E-state index in [0.29, 0.717) is 45.2 Å². The molecule has 0 spiro atoms. The molecule has 0 aromatic carbocycles. The van der Waals surface area contributed by atoms with Gasteiger partial charge in [0, 0.05) is 32.6 Å². The first kappa shape index (κ1) is 15.9. The molecule has 1 rings (SSSR count). The molecule has 1 aliphatic rings. The van der Waals surface area contributed by atoms with E-state index < -0.39 is 0 Å². The Bertz CT molecular complexity index is 319. The van der Waals surface area contributed by atoms with Crippen molar-refractivity contribution >= 4 is 5.91 Å². The van der Waals surface area contributed by atoms with E-state index in [9.17, 15) is 4.79 Å². The summed E-state index contributed by atoms with van der Waals surface area (Å²) in [6, 6.07) is 2.00. The average molecular weight is 267 g/mol. The van der Waals surface area contributed by atoms with Crippen molar-refractivity contribution in [2.75, 3.05) is 39.4 Å². The molecule has 19 heavy (non-hydrogen) atoms. The van der Waals surface area contributed by atoms with Crippen LogP contribution in [0.2, 0.25) is 0 Å². The zero-order valence-electron chi connectivity index (χ0n) is 12.3. The fraction of sp³-hybridized carbons (Fsp3) is 0.857. The van der Waals surface area contributed by atoms with Crippen LogP contribution >= 0.6 is 0 Å². The van der Waals surface area contributed by atoms with Crippen LogP contribution in [-0.2, 0) is 9.53 Å². The largest absolute Gasteiger partial charge is 0.378 e. The number of rotatable bonds is 6. The second-order valence-corrected chi connectivity index (χ2v) is 5.41. The van der Waals surface area contributed by atoms with Gasteiger partial charge in [-0.15, -0.1) is 0 Å². The quantitative estimate of drug-likeness (QED) is 0.723. The van der Waals surface area contributed by atoms with Crippen LogP contribution in [0.4, 0.5) is 0 Å². The Morgan fingerprint density at radius 1 is 1.37 bits per heavy atom. The predicted octanol–water partition coefficient (Wildman–Crippen LogP) is 1.11. The first-order valence-corrected chi connectivity index (χ1v) is 7.03. The van der Waals surface area contributed by atoms with Crippen LogP contribution < -0.4 is 0 Å². The van der Waals surface area contributed by atoms with E-state index >= 15 is 0 Å². The third-order valence-corrected chi connectivity index (χ3v) is 3.34. The normalized spacial score (nSPS) is 17.6. The van der Waals surface area contributed by atoms with E-state index in [1.54, 1.807) is 0 Å². The molecule has 0 radical (unpaired) electrons. The monoisotopic (exact) mass is 267 g/mol. The Kier molecular flexibility index (Phi) is 6.82. The molecule has 1 heterocycles. The topological polar surface area (TPSA) is 56.6 Å². The molecule has 0 N–H and O–H groups in total. The zero-order chi connectivity index (χ0) is 14.3. The van der Waals surface area contributed by atoms with Gasteiger partial charge in [-0.05, 0) is 12.8 Å². The molecule has 1 fully saturated rings. The van der Waals surface area contributed by atoms with Gasteiger partial charge in [-0.25, -0.2) is 0 Å². The molecule has 1 aliphatic heterocycles. The molecule has 0 bridgehead atoms. The molecule has 1 amide bonds. The number of nitrogens with zero attached hydrogens (tertiary/aromatic N) is 3. The average Bonchev–Trinajstić information content (AvgIpc) is 2.42. The Labute approximate surface area is 116 Å². The molecular weight excluding hydrogens is 242 g/mol. The summed E-state index contributed by atoms with van der Waals surface area (Å²) in [5.41, 5.74) is 0. The van der Waals surface area contributed by atoms with Crippen molar-refractivity contribution in [2.45, 2.75) is 33.2 Å². The first-order valence-electron chi connectivity index (χ1n) is 7.03. The van der Waals surface area contributed by atoms with Gasteiger partial charge >= 0.3 is 0 Å². The van der Waals surface area contributed by atoms with E-state index in [-0.39, 0.29) is 11.9 Å². The maximum Gasteiger partial charge on any atom is 0.239 e. The Balaban J connectivity index is 2.59. The number of hydrogen-bond donors (Lipinski definition) is 0. The van der Waals surface area contributed by atoms with E-state index in [2.05, 4.69) is 24.8 Å². The van der Waals surface area contributed by atoms with Crippen molar-refractivity contribution in [2.24, 2.45) is 5.92 Å². The van der Waals surface area contributed by atoms with Crippen molar-refractivity contribution < 1.29 is 9.53 Å². The third kappa shape index (κ3) is 5.17. The van der Waals surface area contributed by atoms with Crippen LogP contribution in [0.5, 0.6) is 0 Å². The predicted molar refractivity (Wildman–Crippen MR) is 73.5 cm³/mol.